The molecule has 0 aromatic heterocycles. The Morgan fingerprint density at radius 2 is 1.74 bits per heavy atom. The van der Waals surface area contributed by atoms with E-state index < -0.39 is 0 Å². The van der Waals surface area contributed by atoms with Crippen LogP contribution in [0, 0.1) is 0 Å². The van der Waals surface area contributed by atoms with E-state index in [-0.39, 0.29) is 12.2 Å². The zero-order valence-electron chi connectivity index (χ0n) is 13.1. The lowest BCUT2D eigenvalue weighted by molar-refractivity contribution is 0.0718. The van der Waals surface area contributed by atoms with Gasteiger partial charge in [-0.15, -0.1) is 0 Å². The fourth-order valence-electron chi connectivity index (χ4n) is 3.47. The first-order chi connectivity index (χ1) is 11.3. The summed E-state index contributed by atoms with van der Waals surface area (Å²) in [6.45, 7) is 1.64. The van der Waals surface area contributed by atoms with E-state index in [1.807, 2.05) is 64.5 Å². The number of carbonyl (C=O) groups is 1. The molecule has 2 aliphatic rings. The molecular formula is C18H19N3O2. The van der Waals surface area contributed by atoms with Crippen LogP contribution in [0.25, 0.3) is 0 Å². The molecule has 0 aliphatic carbocycles. The van der Waals surface area contributed by atoms with Crippen LogP contribution in [0.15, 0.2) is 54.6 Å². The highest BCUT2D eigenvalue weighted by molar-refractivity contribution is 5.94. The molecule has 0 unspecified atom stereocenters. The number of para-hydroxylation sites is 2. The van der Waals surface area contributed by atoms with Crippen LogP contribution in [0.2, 0.25) is 0 Å². The van der Waals surface area contributed by atoms with Crippen LogP contribution < -0.4 is 9.64 Å². The van der Waals surface area contributed by atoms with Gasteiger partial charge in [-0.1, -0.05) is 36.4 Å². The number of hydrogen-bond donors (Lipinski definition) is 0. The Morgan fingerprint density at radius 1 is 1.00 bits per heavy atom. The van der Waals surface area contributed by atoms with Crippen LogP contribution in [-0.4, -0.2) is 36.2 Å². The highest BCUT2D eigenvalue weighted by Gasteiger charge is 2.48. The summed E-state index contributed by atoms with van der Waals surface area (Å²) in [5, 5.41) is 4.00. The first-order valence-electron chi connectivity index (χ1n) is 7.86. The maximum absolute atomic E-state index is 12.9. The largest absolute Gasteiger partial charge is 0.496 e. The summed E-state index contributed by atoms with van der Waals surface area (Å²) in [4.78, 5) is 14.8. The maximum atomic E-state index is 12.9. The lowest BCUT2D eigenvalue weighted by atomic mass is 10.1. The summed E-state index contributed by atoms with van der Waals surface area (Å²) < 4.78 is 5.54. The third-order valence-corrected chi connectivity index (χ3v) is 4.47. The molecule has 2 aromatic carbocycles. The molecular weight excluding hydrogens is 290 g/mol. The van der Waals surface area contributed by atoms with E-state index in [2.05, 4.69) is 5.01 Å². The molecule has 5 nitrogen and oxygen atoms in total. The van der Waals surface area contributed by atoms with E-state index in [0.717, 1.165) is 36.5 Å². The Balaban J connectivity index is 1.84. The molecule has 0 bridgehead atoms. The average Bonchev–Trinajstić information content (AvgIpc) is 3.18. The number of fused-ring (bicyclic) bond motifs is 1. The minimum atomic E-state index is -0.163. The number of rotatable bonds is 3. The van der Waals surface area contributed by atoms with Gasteiger partial charge in [0, 0.05) is 24.3 Å². The Hall–Kier alpha value is -2.53. The first kappa shape index (κ1) is 14.1. The normalized spacial score (nSPS) is 20.9. The molecule has 1 atom stereocenters. The van der Waals surface area contributed by atoms with Gasteiger partial charge in [0.25, 0.3) is 0 Å². The fraction of sp³-hybridized carbons (Fsp3) is 0.278. The summed E-state index contributed by atoms with van der Waals surface area (Å²) in [7, 11) is 1.67. The van der Waals surface area contributed by atoms with Gasteiger partial charge >= 0.3 is 6.03 Å². The molecule has 0 N–H and O–H groups in total. The van der Waals surface area contributed by atoms with Crippen molar-refractivity contribution in [2.45, 2.75) is 12.6 Å². The number of benzene rings is 2. The molecule has 2 fully saturated rings. The topological polar surface area (TPSA) is 36.0 Å². The number of hydrazine groups is 1. The lowest BCUT2D eigenvalue weighted by Gasteiger charge is -2.29. The highest BCUT2D eigenvalue weighted by atomic mass is 16.5. The standard InChI is InChI=1S/C18H19N3O2/c1-23-16-11-6-5-10-15(16)17-19-12-7-13-20(19)18(22)21(17)14-8-3-2-4-9-14/h2-6,8-11,17H,7,12-13H2,1H3/t17-/m0/s1. The van der Waals surface area contributed by atoms with Crippen molar-refractivity contribution in [3.05, 3.63) is 60.2 Å². The fourth-order valence-corrected chi connectivity index (χ4v) is 3.47. The number of ether oxygens (including phenoxy) is 1. The summed E-state index contributed by atoms with van der Waals surface area (Å²) in [5.74, 6) is 0.806. The number of anilines is 1. The quantitative estimate of drug-likeness (QED) is 0.873. The zero-order chi connectivity index (χ0) is 15.8. The third-order valence-electron chi connectivity index (χ3n) is 4.47. The van der Waals surface area contributed by atoms with Gasteiger partial charge in [-0.3, -0.25) is 9.91 Å². The minimum absolute atomic E-state index is 0.0320. The average molecular weight is 309 g/mol. The maximum Gasteiger partial charge on any atom is 0.340 e. The van der Waals surface area contributed by atoms with Crippen LogP contribution in [0.3, 0.4) is 0 Å². The summed E-state index contributed by atoms with van der Waals surface area (Å²) in [6, 6.07) is 17.8. The van der Waals surface area contributed by atoms with Crippen LogP contribution in [0.1, 0.15) is 18.2 Å². The monoisotopic (exact) mass is 309 g/mol. The van der Waals surface area contributed by atoms with Crippen molar-refractivity contribution in [1.29, 1.82) is 0 Å². The molecule has 0 radical (unpaired) electrons. The van der Waals surface area contributed by atoms with Crippen LogP contribution >= 0.6 is 0 Å². The predicted molar refractivity (Wildman–Crippen MR) is 88.1 cm³/mol. The molecule has 0 saturated carbocycles. The summed E-state index contributed by atoms with van der Waals surface area (Å²) >= 11 is 0. The third kappa shape index (κ3) is 2.16. The van der Waals surface area contributed by atoms with Crippen LogP contribution in [-0.2, 0) is 0 Å². The van der Waals surface area contributed by atoms with Crippen LogP contribution in [0.4, 0.5) is 10.5 Å². The van der Waals surface area contributed by atoms with Crippen molar-refractivity contribution in [1.82, 2.24) is 10.0 Å². The summed E-state index contributed by atoms with van der Waals surface area (Å²) in [6.07, 6.45) is 0.837. The van der Waals surface area contributed by atoms with Crippen molar-refractivity contribution < 1.29 is 9.53 Å². The highest BCUT2D eigenvalue weighted by Crippen LogP contribution is 2.42. The second kappa shape index (κ2) is 5.59. The van der Waals surface area contributed by atoms with Crippen molar-refractivity contribution in [3.8, 4) is 5.75 Å². The van der Waals surface area contributed by atoms with Crippen LogP contribution in [0.5, 0.6) is 5.75 Å². The molecule has 4 rings (SSSR count). The molecule has 2 saturated heterocycles. The molecule has 2 aliphatic heterocycles. The van der Waals surface area contributed by atoms with Gasteiger partial charge in [-0.05, 0) is 24.6 Å². The predicted octanol–water partition coefficient (Wildman–Crippen LogP) is 3.26. The lowest BCUT2D eigenvalue weighted by Crippen LogP contribution is -2.32. The molecule has 0 spiro atoms. The van der Waals surface area contributed by atoms with E-state index >= 15 is 0 Å². The number of nitrogens with zero attached hydrogens (tertiary/aromatic N) is 3. The number of amides is 2. The minimum Gasteiger partial charge on any atom is -0.496 e. The van der Waals surface area contributed by atoms with Crippen molar-refractivity contribution in [3.63, 3.8) is 0 Å². The van der Waals surface area contributed by atoms with E-state index in [9.17, 15) is 4.79 Å². The SMILES string of the molecule is COc1ccccc1[C@@H]1N(c2ccccc2)C(=O)N2CCCN12. The molecule has 2 amide bonds. The Labute approximate surface area is 135 Å². The number of urea groups is 1. The van der Waals surface area contributed by atoms with Crippen molar-refractivity contribution >= 4 is 11.7 Å². The van der Waals surface area contributed by atoms with Gasteiger partial charge in [-0.25, -0.2) is 4.79 Å². The molecule has 2 heterocycles. The number of hydrogen-bond acceptors (Lipinski definition) is 3. The Kier molecular flexibility index (Phi) is 3.42. The number of methoxy groups -OCH3 is 1. The van der Waals surface area contributed by atoms with Gasteiger partial charge in [0.1, 0.15) is 11.9 Å². The molecule has 2 aromatic rings. The van der Waals surface area contributed by atoms with Gasteiger partial charge in [0.05, 0.1) is 7.11 Å². The Bertz CT molecular complexity index is 719. The van der Waals surface area contributed by atoms with E-state index in [0.29, 0.717) is 0 Å². The summed E-state index contributed by atoms with van der Waals surface area (Å²) in [5.41, 5.74) is 1.92. The van der Waals surface area contributed by atoms with E-state index in [1.54, 1.807) is 7.11 Å². The van der Waals surface area contributed by atoms with Crippen molar-refractivity contribution in [2.24, 2.45) is 0 Å². The second-order valence-corrected chi connectivity index (χ2v) is 5.74. The van der Waals surface area contributed by atoms with Gasteiger partial charge in [0.2, 0.25) is 0 Å². The second-order valence-electron chi connectivity index (χ2n) is 5.74. The van der Waals surface area contributed by atoms with E-state index in [4.69, 9.17) is 4.74 Å². The smallest absolute Gasteiger partial charge is 0.340 e. The first-order valence-corrected chi connectivity index (χ1v) is 7.86. The molecule has 23 heavy (non-hydrogen) atoms. The van der Waals surface area contributed by atoms with Crippen molar-refractivity contribution in [2.75, 3.05) is 25.1 Å². The molecule has 5 heteroatoms. The van der Waals surface area contributed by atoms with Gasteiger partial charge in [-0.2, -0.15) is 5.01 Å². The van der Waals surface area contributed by atoms with E-state index in [1.165, 1.54) is 0 Å². The number of carbonyl (C=O) groups excluding carboxylic acids is 1. The van der Waals surface area contributed by atoms with Gasteiger partial charge in [0.15, 0.2) is 0 Å². The molecule has 118 valence electrons. The van der Waals surface area contributed by atoms with Gasteiger partial charge < -0.3 is 4.74 Å². The zero-order valence-corrected chi connectivity index (χ0v) is 13.1. The Morgan fingerprint density at radius 3 is 2.52 bits per heavy atom.